The summed E-state index contributed by atoms with van der Waals surface area (Å²) in [6, 6.07) is 7.67. The molecule has 1 aromatic carbocycles. The standard InChI is InChI=1S/C19H30O3/c1-4-8-17-10-7-11-18(15-17)19(20)22-14-13-21-12-6-5-9-16(2)3/h7,10-11,15-16H,4-6,8-9,12-14H2,1-3H3. The topological polar surface area (TPSA) is 35.5 Å². The summed E-state index contributed by atoms with van der Waals surface area (Å²) in [4.78, 5) is 11.9. The first-order valence-electron chi connectivity index (χ1n) is 8.47. The second-order valence-electron chi connectivity index (χ2n) is 6.09. The second-order valence-corrected chi connectivity index (χ2v) is 6.09. The van der Waals surface area contributed by atoms with Crippen LogP contribution < -0.4 is 0 Å². The number of aryl methyl sites for hydroxylation is 1. The van der Waals surface area contributed by atoms with E-state index in [-0.39, 0.29) is 5.97 Å². The van der Waals surface area contributed by atoms with Gasteiger partial charge in [0.25, 0.3) is 0 Å². The lowest BCUT2D eigenvalue weighted by Gasteiger charge is -2.08. The summed E-state index contributed by atoms with van der Waals surface area (Å²) in [5.74, 6) is 0.491. The van der Waals surface area contributed by atoms with E-state index in [0.717, 1.165) is 31.8 Å². The Bertz CT molecular complexity index is 426. The molecule has 1 rings (SSSR count). The van der Waals surface area contributed by atoms with Crippen molar-refractivity contribution < 1.29 is 14.3 Å². The van der Waals surface area contributed by atoms with Crippen molar-refractivity contribution in [3.63, 3.8) is 0 Å². The van der Waals surface area contributed by atoms with E-state index in [2.05, 4.69) is 20.8 Å². The third-order valence-electron chi connectivity index (χ3n) is 3.48. The van der Waals surface area contributed by atoms with Gasteiger partial charge in [-0.3, -0.25) is 0 Å². The molecule has 0 heterocycles. The van der Waals surface area contributed by atoms with Crippen molar-refractivity contribution in [2.24, 2.45) is 5.92 Å². The maximum absolute atomic E-state index is 11.9. The van der Waals surface area contributed by atoms with E-state index < -0.39 is 0 Å². The first kappa shape index (κ1) is 18.7. The molecular weight excluding hydrogens is 276 g/mol. The average molecular weight is 306 g/mol. The van der Waals surface area contributed by atoms with Crippen molar-refractivity contribution >= 4 is 5.97 Å². The average Bonchev–Trinajstić information content (AvgIpc) is 2.50. The van der Waals surface area contributed by atoms with Gasteiger partial charge in [0, 0.05) is 6.61 Å². The summed E-state index contributed by atoms with van der Waals surface area (Å²) in [5, 5.41) is 0. The van der Waals surface area contributed by atoms with Crippen molar-refractivity contribution in [2.45, 2.75) is 52.9 Å². The molecule has 3 heteroatoms. The zero-order chi connectivity index (χ0) is 16.2. The third kappa shape index (κ3) is 8.18. The fourth-order valence-electron chi connectivity index (χ4n) is 2.28. The Morgan fingerprint density at radius 3 is 2.68 bits per heavy atom. The minimum atomic E-state index is -0.263. The Morgan fingerprint density at radius 1 is 1.14 bits per heavy atom. The molecule has 0 saturated heterocycles. The highest BCUT2D eigenvalue weighted by molar-refractivity contribution is 5.89. The summed E-state index contributed by atoms with van der Waals surface area (Å²) >= 11 is 0. The predicted molar refractivity (Wildman–Crippen MR) is 90.2 cm³/mol. The number of rotatable bonds is 11. The van der Waals surface area contributed by atoms with Gasteiger partial charge >= 0.3 is 5.97 Å². The number of hydrogen-bond acceptors (Lipinski definition) is 3. The maximum atomic E-state index is 11.9. The van der Waals surface area contributed by atoms with Crippen LogP contribution >= 0.6 is 0 Å². The molecule has 0 aliphatic carbocycles. The van der Waals surface area contributed by atoms with Gasteiger partial charge in [-0.05, 0) is 36.5 Å². The first-order valence-corrected chi connectivity index (χ1v) is 8.47. The Kier molecular flexibility index (Phi) is 9.56. The number of esters is 1. The SMILES string of the molecule is CCCc1cccc(C(=O)OCCOCCCCC(C)C)c1. The normalized spacial score (nSPS) is 10.9. The fraction of sp³-hybridized carbons (Fsp3) is 0.632. The van der Waals surface area contributed by atoms with Gasteiger partial charge in [0.2, 0.25) is 0 Å². The number of unbranched alkanes of at least 4 members (excludes halogenated alkanes) is 1. The highest BCUT2D eigenvalue weighted by atomic mass is 16.6. The van der Waals surface area contributed by atoms with Crippen LogP contribution in [0.3, 0.4) is 0 Å². The van der Waals surface area contributed by atoms with Gasteiger partial charge in [-0.25, -0.2) is 4.79 Å². The van der Waals surface area contributed by atoms with Crippen molar-refractivity contribution in [1.29, 1.82) is 0 Å². The van der Waals surface area contributed by atoms with E-state index in [1.54, 1.807) is 6.07 Å². The summed E-state index contributed by atoms with van der Waals surface area (Å²) in [7, 11) is 0. The summed E-state index contributed by atoms with van der Waals surface area (Å²) in [6.45, 7) is 8.13. The molecule has 0 aliphatic rings. The summed E-state index contributed by atoms with van der Waals surface area (Å²) in [6.07, 6.45) is 5.57. The van der Waals surface area contributed by atoms with E-state index >= 15 is 0 Å². The maximum Gasteiger partial charge on any atom is 0.338 e. The third-order valence-corrected chi connectivity index (χ3v) is 3.48. The van der Waals surface area contributed by atoms with Gasteiger partial charge in [0.15, 0.2) is 0 Å². The van der Waals surface area contributed by atoms with Crippen molar-refractivity contribution in [1.82, 2.24) is 0 Å². The van der Waals surface area contributed by atoms with E-state index in [1.165, 1.54) is 18.4 Å². The van der Waals surface area contributed by atoms with Gasteiger partial charge in [-0.1, -0.05) is 52.2 Å². The quantitative estimate of drug-likeness (QED) is 0.441. The molecule has 0 radical (unpaired) electrons. The number of ether oxygens (including phenoxy) is 2. The molecule has 0 atom stereocenters. The molecule has 0 saturated carbocycles. The lowest BCUT2D eigenvalue weighted by molar-refractivity contribution is 0.0311. The Hall–Kier alpha value is -1.35. The molecule has 0 fully saturated rings. The second kappa shape index (κ2) is 11.2. The molecular formula is C19H30O3. The van der Waals surface area contributed by atoms with Crippen molar-refractivity contribution in [3.05, 3.63) is 35.4 Å². The number of benzene rings is 1. The summed E-state index contributed by atoms with van der Waals surface area (Å²) in [5.41, 5.74) is 1.81. The predicted octanol–water partition coefficient (Wildman–Crippen LogP) is 4.64. The van der Waals surface area contributed by atoms with Crippen LogP contribution in [0.5, 0.6) is 0 Å². The van der Waals surface area contributed by atoms with Crippen LogP contribution in [0, 0.1) is 5.92 Å². The van der Waals surface area contributed by atoms with Crippen LogP contribution in [-0.2, 0) is 15.9 Å². The smallest absolute Gasteiger partial charge is 0.338 e. The van der Waals surface area contributed by atoms with Crippen LogP contribution in [0.1, 0.15) is 62.4 Å². The van der Waals surface area contributed by atoms with Crippen LogP contribution in [0.15, 0.2) is 24.3 Å². The minimum Gasteiger partial charge on any atom is -0.460 e. The number of carbonyl (C=O) groups is 1. The zero-order valence-corrected chi connectivity index (χ0v) is 14.3. The minimum absolute atomic E-state index is 0.263. The number of carbonyl (C=O) groups excluding carboxylic acids is 1. The lowest BCUT2D eigenvalue weighted by atomic mass is 10.1. The van der Waals surface area contributed by atoms with Crippen LogP contribution in [0.4, 0.5) is 0 Å². The van der Waals surface area contributed by atoms with E-state index in [4.69, 9.17) is 9.47 Å². The molecule has 0 N–H and O–H groups in total. The number of hydrogen-bond donors (Lipinski definition) is 0. The van der Waals surface area contributed by atoms with Crippen molar-refractivity contribution in [3.8, 4) is 0 Å². The molecule has 1 aromatic rings. The largest absolute Gasteiger partial charge is 0.460 e. The Morgan fingerprint density at radius 2 is 1.95 bits per heavy atom. The van der Waals surface area contributed by atoms with Crippen LogP contribution in [0.2, 0.25) is 0 Å². The monoisotopic (exact) mass is 306 g/mol. The highest BCUT2D eigenvalue weighted by Gasteiger charge is 2.07. The van der Waals surface area contributed by atoms with Crippen LogP contribution in [-0.4, -0.2) is 25.8 Å². The highest BCUT2D eigenvalue weighted by Crippen LogP contribution is 2.09. The Balaban J connectivity index is 2.14. The molecule has 0 spiro atoms. The van der Waals surface area contributed by atoms with E-state index in [9.17, 15) is 4.79 Å². The molecule has 0 aromatic heterocycles. The van der Waals surface area contributed by atoms with E-state index in [1.807, 2.05) is 18.2 Å². The van der Waals surface area contributed by atoms with E-state index in [0.29, 0.717) is 18.8 Å². The first-order chi connectivity index (χ1) is 10.6. The molecule has 0 aliphatic heterocycles. The lowest BCUT2D eigenvalue weighted by Crippen LogP contribution is -2.11. The molecule has 0 bridgehead atoms. The summed E-state index contributed by atoms with van der Waals surface area (Å²) < 4.78 is 10.7. The fourth-order valence-corrected chi connectivity index (χ4v) is 2.28. The van der Waals surface area contributed by atoms with Gasteiger partial charge in [-0.15, -0.1) is 0 Å². The van der Waals surface area contributed by atoms with Gasteiger partial charge < -0.3 is 9.47 Å². The van der Waals surface area contributed by atoms with Gasteiger partial charge in [0.1, 0.15) is 6.61 Å². The van der Waals surface area contributed by atoms with Gasteiger partial charge in [0.05, 0.1) is 12.2 Å². The van der Waals surface area contributed by atoms with Gasteiger partial charge in [-0.2, -0.15) is 0 Å². The molecule has 3 nitrogen and oxygen atoms in total. The molecule has 0 amide bonds. The Labute approximate surface area is 135 Å². The zero-order valence-electron chi connectivity index (χ0n) is 14.3. The molecule has 124 valence electrons. The van der Waals surface area contributed by atoms with Crippen molar-refractivity contribution in [2.75, 3.05) is 19.8 Å². The molecule has 0 unspecified atom stereocenters. The molecule has 22 heavy (non-hydrogen) atoms. The van der Waals surface area contributed by atoms with Crippen LogP contribution in [0.25, 0.3) is 0 Å².